The quantitative estimate of drug-likeness (QED) is 0.852. The highest BCUT2D eigenvalue weighted by Crippen LogP contribution is 2.30. The summed E-state index contributed by atoms with van der Waals surface area (Å²) in [6.45, 7) is 5.22. The molecular weight excluding hydrogens is 314 g/mol. The van der Waals surface area contributed by atoms with Crippen molar-refractivity contribution in [2.45, 2.75) is 43.7 Å². The zero-order chi connectivity index (χ0) is 16.6. The van der Waals surface area contributed by atoms with Gasteiger partial charge in [0.25, 0.3) is 10.0 Å². The SMILES string of the molecule is CC(C)n1ccnc1C1CCCN(S(=O)(=O)c2cn(C)cn2)C1. The first-order valence-corrected chi connectivity index (χ1v) is 9.34. The molecule has 0 amide bonds. The van der Waals surface area contributed by atoms with Crippen molar-refractivity contribution in [3.8, 4) is 0 Å². The first-order valence-electron chi connectivity index (χ1n) is 7.90. The standard InChI is InChI=1S/C15H23N5O2S/c1-12(2)20-8-6-16-15(20)13-5-4-7-19(9-13)23(21,22)14-10-18(3)11-17-14/h6,8,10-13H,4-5,7,9H2,1-3H3. The van der Waals surface area contributed by atoms with Crippen LogP contribution in [-0.4, -0.2) is 44.9 Å². The molecule has 1 unspecified atom stereocenters. The number of hydrogen-bond acceptors (Lipinski definition) is 4. The van der Waals surface area contributed by atoms with Crippen molar-refractivity contribution in [2.24, 2.45) is 7.05 Å². The lowest BCUT2D eigenvalue weighted by molar-refractivity contribution is 0.302. The van der Waals surface area contributed by atoms with Gasteiger partial charge in [-0.2, -0.15) is 4.31 Å². The Morgan fingerprint density at radius 3 is 2.74 bits per heavy atom. The van der Waals surface area contributed by atoms with Crippen LogP contribution in [0.1, 0.15) is 44.5 Å². The molecule has 23 heavy (non-hydrogen) atoms. The van der Waals surface area contributed by atoms with Crippen LogP contribution in [0.4, 0.5) is 0 Å². The van der Waals surface area contributed by atoms with Crippen LogP contribution in [0.2, 0.25) is 0 Å². The molecule has 0 aromatic carbocycles. The maximum absolute atomic E-state index is 12.8. The predicted octanol–water partition coefficient (Wildman–Crippen LogP) is 1.77. The average molecular weight is 337 g/mol. The largest absolute Gasteiger partial charge is 0.339 e. The zero-order valence-electron chi connectivity index (χ0n) is 13.8. The highest BCUT2D eigenvalue weighted by Gasteiger charge is 2.33. The normalized spacial score (nSPS) is 20.3. The van der Waals surface area contributed by atoms with E-state index in [0.717, 1.165) is 18.7 Å². The lowest BCUT2D eigenvalue weighted by atomic mass is 9.98. The van der Waals surface area contributed by atoms with Crippen molar-refractivity contribution >= 4 is 10.0 Å². The summed E-state index contributed by atoms with van der Waals surface area (Å²) in [6.07, 6.45) is 8.61. The molecule has 3 heterocycles. The van der Waals surface area contributed by atoms with Crippen LogP contribution < -0.4 is 0 Å². The summed E-state index contributed by atoms with van der Waals surface area (Å²) in [4.78, 5) is 8.48. The van der Waals surface area contributed by atoms with E-state index in [9.17, 15) is 8.42 Å². The first-order chi connectivity index (χ1) is 10.9. The summed E-state index contributed by atoms with van der Waals surface area (Å²) in [5.41, 5.74) is 0. The van der Waals surface area contributed by atoms with Crippen LogP contribution in [0.15, 0.2) is 29.9 Å². The zero-order valence-corrected chi connectivity index (χ0v) is 14.6. The molecule has 0 N–H and O–H groups in total. The van der Waals surface area contributed by atoms with Crippen molar-refractivity contribution in [1.29, 1.82) is 0 Å². The minimum Gasteiger partial charge on any atom is -0.339 e. The molecule has 1 saturated heterocycles. The van der Waals surface area contributed by atoms with E-state index in [4.69, 9.17) is 0 Å². The van der Waals surface area contributed by atoms with E-state index in [2.05, 4.69) is 28.4 Å². The second kappa shape index (κ2) is 6.09. The maximum Gasteiger partial charge on any atom is 0.262 e. The van der Waals surface area contributed by atoms with E-state index in [0.29, 0.717) is 19.1 Å². The van der Waals surface area contributed by atoms with E-state index in [-0.39, 0.29) is 10.9 Å². The van der Waals surface area contributed by atoms with Gasteiger partial charge in [-0.1, -0.05) is 0 Å². The Kier molecular flexibility index (Phi) is 4.29. The number of hydrogen-bond donors (Lipinski definition) is 0. The van der Waals surface area contributed by atoms with Gasteiger partial charge in [0.15, 0.2) is 5.03 Å². The molecule has 1 fully saturated rings. The van der Waals surface area contributed by atoms with Gasteiger partial charge < -0.3 is 9.13 Å². The third-order valence-corrected chi connectivity index (χ3v) is 6.04. The minimum absolute atomic E-state index is 0.118. The number of sulfonamides is 1. The number of aryl methyl sites for hydroxylation is 1. The van der Waals surface area contributed by atoms with Gasteiger partial charge in [-0.3, -0.25) is 0 Å². The second-order valence-electron chi connectivity index (χ2n) is 6.37. The van der Waals surface area contributed by atoms with E-state index < -0.39 is 10.0 Å². The monoisotopic (exact) mass is 337 g/mol. The third kappa shape index (κ3) is 3.05. The fourth-order valence-corrected chi connectivity index (χ4v) is 4.59. The number of imidazole rings is 2. The molecule has 7 nitrogen and oxygen atoms in total. The molecule has 0 spiro atoms. The number of piperidine rings is 1. The van der Waals surface area contributed by atoms with Crippen molar-refractivity contribution in [1.82, 2.24) is 23.4 Å². The van der Waals surface area contributed by atoms with Crippen LogP contribution in [0.25, 0.3) is 0 Å². The Hall–Kier alpha value is -1.67. The molecule has 1 atom stereocenters. The molecular formula is C15H23N5O2S. The summed E-state index contributed by atoms with van der Waals surface area (Å²) < 4.78 is 30.8. The van der Waals surface area contributed by atoms with Crippen LogP contribution in [0, 0.1) is 0 Å². The summed E-state index contributed by atoms with van der Waals surface area (Å²) in [5.74, 6) is 1.10. The van der Waals surface area contributed by atoms with Crippen LogP contribution in [-0.2, 0) is 17.1 Å². The van der Waals surface area contributed by atoms with Crippen LogP contribution in [0.3, 0.4) is 0 Å². The fraction of sp³-hybridized carbons (Fsp3) is 0.600. The van der Waals surface area contributed by atoms with Gasteiger partial charge in [-0.15, -0.1) is 0 Å². The topological polar surface area (TPSA) is 73.0 Å². The molecule has 0 saturated carbocycles. The Morgan fingerprint density at radius 2 is 2.09 bits per heavy atom. The van der Waals surface area contributed by atoms with Gasteiger partial charge in [-0.05, 0) is 26.7 Å². The van der Waals surface area contributed by atoms with Crippen LogP contribution in [0.5, 0.6) is 0 Å². The Labute approximate surface area is 137 Å². The highest BCUT2D eigenvalue weighted by molar-refractivity contribution is 7.89. The summed E-state index contributed by atoms with van der Waals surface area (Å²) in [6, 6.07) is 0.315. The average Bonchev–Trinajstić information content (AvgIpc) is 3.16. The lowest BCUT2D eigenvalue weighted by Gasteiger charge is -2.31. The smallest absolute Gasteiger partial charge is 0.262 e. The lowest BCUT2D eigenvalue weighted by Crippen LogP contribution is -2.40. The van der Waals surface area contributed by atoms with Gasteiger partial charge >= 0.3 is 0 Å². The minimum atomic E-state index is -3.53. The molecule has 0 bridgehead atoms. The molecule has 1 aliphatic heterocycles. The molecule has 0 radical (unpaired) electrons. The van der Waals surface area contributed by atoms with Crippen LogP contribution >= 0.6 is 0 Å². The second-order valence-corrected chi connectivity index (χ2v) is 8.25. The van der Waals surface area contributed by atoms with Gasteiger partial charge in [0.2, 0.25) is 0 Å². The van der Waals surface area contributed by atoms with Crippen molar-refractivity contribution in [2.75, 3.05) is 13.1 Å². The van der Waals surface area contributed by atoms with E-state index >= 15 is 0 Å². The van der Waals surface area contributed by atoms with Gasteiger partial charge in [0, 0.05) is 50.7 Å². The molecule has 2 aromatic rings. The van der Waals surface area contributed by atoms with Gasteiger partial charge in [-0.25, -0.2) is 18.4 Å². The predicted molar refractivity (Wildman–Crippen MR) is 86.6 cm³/mol. The summed E-state index contributed by atoms with van der Waals surface area (Å²) in [5, 5.41) is 0.118. The summed E-state index contributed by atoms with van der Waals surface area (Å²) in [7, 11) is -1.77. The Bertz CT molecular complexity index is 777. The third-order valence-electron chi connectivity index (χ3n) is 4.29. The highest BCUT2D eigenvalue weighted by atomic mass is 32.2. The molecule has 126 valence electrons. The van der Waals surface area contributed by atoms with Crippen molar-refractivity contribution < 1.29 is 8.42 Å². The molecule has 8 heteroatoms. The molecule has 2 aromatic heterocycles. The molecule has 1 aliphatic rings. The van der Waals surface area contributed by atoms with Crippen molar-refractivity contribution in [3.63, 3.8) is 0 Å². The molecule has 3 rings (SSSR count). The Morgan fingerprint density at radius 1 is 1.30 bits per heavy atom. The van der Waals surface area contributed by atoms with Gasteiger partial charge in [0.05, 0.1) is 6.33 Å². The molecule has 0 aliphatic carbocycles. The number of nitrogens with zero attached hydrogens (tertiary/aromatic N) is 5. The maximum atomic E-state index is 12.8. The van der Waals surface area contributed by atoms with E-state index in [1.54, 1.807) is 28.3 Å². The van der Waals surface area contributed by atoms with E-state index in [1.165, 1.54) is 6.33 Å². The van der Waals surface area contributed by atoms with E-state index in [1.807, 2.05) is 6.20 Å². The summed E-state index contributed by atoms with van der Waals surface area (Å²) >= 11 is 0. The van der Waals surface area contributed by atoms with Gasteiger partial charge in [0.1, 0.15) is 5.82 Å². The fourth-order valence-electron chi connectivity index (χ4n) is 3.10. The first kappa shape index (κ1) is 16.2. The number of rotatable bonds is 4. The number of aromatic nitrogens is 4. The Balaban J connectivity index is 1.85. The van der Waals surface area contributed by atoms with Crippen molar-refractivity contribution in [3.05, 3.63) is 30.7 Å².